The van der Waals surface area contributed by atoms with E-state index in [1.807, 2.05) is 0 Å². The molecule has 0 saturated carbocycles. The van der Waals surface area contributed by atoms with Crippen molar-refractivity contribution in [2.24, 2.45) is 5.92 Å². The molecule has 4 heteroatoms. The van der Waals surface area contributed by atoms with E-state index in [2.05, 4.69) is 74.4 Å². The summed E-state index contributed by atoms with van der Waals surface area (Å²) in [5, 5.41) is 2.39. The number of carbonyl (C=O) groups is 3. The number of amides is 2. The van der Waals surface area contributed by atoms with Gasteiger partial charge in [0, 0.05) is 12.0 Å². The first-order chi connectivity index (χ1) is 21.4. The number of Topliss-reactive ketones (excluding diaryl/α,β-unsaturated/α-hetero) is 1. The normalized spacial score (nSPS) is 12.6. The second-order valence-electron chi connectivity index (χ2n) is 12.3. The van der Waals surface area contributed by atoms with Crippen molar-refractivity contribution in [1.29, 1.82) is 0 Å². The Morgan fingerprint density at radius 1 is 0.568 bits per heavy atom. The van der Waals surface area contributed by atoms with E-state index in [1.54, 1.807) is 6.92 Å². The molecule has 0 aliphatic heterocycles. The minimum absolute atomic E-state index is 0.0339. The Labute approximate surface area is 272 Å². The average Bonchev–Trinajstić information content (AvgIpc) is 3.00. The Kier molecular flexibility index (Phi) is 30.1. The average molecular weight is 610 g/mol. The van der Waals surface area contributed by atoms with Gasteiger partial charge in [0.1, 0.15) is 5.78 Å². The number of ketones is 1. The van der Waals surface area contributed by atoms with Gasteiger partial charge < -0.3 is 0 Å². The number of carbonyl (C=O) groups excluding carboxylic acids is 3. The molecule has 0 aliphatic carbocycles. The van der Waals surface area contributed by atoms with E-state index in [-0.39, 0.29) is 11.4 Å². The first kappa shape index (κ1) is 41.5. The molecular weight excluding hydrogens is 542 g/mol. The zero-order chi connectivity index (χ0) is 32.5. The van der Waals surface area contributed by atoms with Gasteiger partial charge in [0.25, 0.3) is 5.91 Å². The number of rotatable bonds is 30. The minimum atomic E-state index is -0.742. The van der Waals surface area contributed by atoms with Crippen molar-refractivity contribution in [3.8, 4) is 0 Å². The molecule has 0 radical (unpaired) electrons. The van der Waals surface area contributed by atoms with Gasteiger partial charge in [-0.15, -0.1) is 0 Å². The van der Waals surface area contributed by atoms with E-state index in [4.69, 9.17) is 0 Å². The van der Waals surface area contributed by atoms with Crippen LogP contribution in [0.25, 0.3) is 0 Å². The van der Waals surface area contributed by atoms with Gasteiger partial charge in [0.2, 0.25) is 5.91 Å². The number of hydrogen-bond acceptors (Lipinski definition) is 3. The monoisotopic (exact) mass is 610 g/mol. The first-order valence-corrected chi connectivity index (χ1v) is 18.1. The molecule has 0 aromatic carbocycles. The lowest BCUT2D eigenvalue weighted by atomic mass is 9.92. The van der Waals surface area contributed by atoms with Crippen molar-refractivity contribution in [3.63, 3.8) is 0 Å². The first-order valence-electron chi connectivity index (χ1n) is 18.1. The van der Waals surface area contributed by atoms with E-state index >= 15 is 0 Å². The highest BCUT2D eigenvalue weighted by molar-refractivity contribution is 6.10. The van der Waals surface area contributed by atoms with Gasteiger partial charge in [-0.25, -0.2) is 0 Å². The van der Waals surface area contributed by atoms with Crippen LogP contribution >= 0.6 is 0 Å². The molecule has 250 valence electrons. The fourth-order valence-electron chi connectivity index (χ4n) is 5.01. The van der Waals surface area contributed by atoms with Gasteiger partial charge in [-0.2, -0.15) is 0 Å². The summed E-state index contributed by atoms with van der Waals surface area (Å²) < 4.78 is 0. The summed E-state index contributed by atoms with van der Waals surface area (Å²) >= 11 is 0. The molecule has 44 heavy (non-hydrogen) atoms. The maximum Gasteiger partial charge on any atom is 0.252 e. The zero-order valence-electron chi connectivity index (χ0n) is 28.9. The molecular formula is C40H67NO3. The van der Waals surface area contributed by atoms with Crippen LogP contribution in [0.2, 0.25) is 0 Å². The molecule has 1 atom stereocenters. The third kappa shape index (κ3) is 27.1. The third-order valence-electron chi connectivity index (χ3n) is 7.90. The Morgan fingerprint density at radius 3 is 1.43 bits per heavy atom. The summed E-state index contributed by atoms with van der Waals surface area (Å²) in [6.45, 7) is 9.65. The van der Waals surface area contributed by atoms with Gasteiger partial charge in [-0.3, -0.25) is 19.7 Å². The zero-order valence-corrected chi connectivity index (χ0v) is 28.9. The molecule has 0 aromatic rings. The van der Waals surface area contributed by atoms with Gasteiger partial charge >= 0.3 is 0 Å². The van der Waals surface area contributed by atoms with Gasteiger partial charge in [0.05, 0.1) is 5.92 Å². The minimum Gasteiger partial charge on any atom is -0.299 e. The lowest BCUT2D eigenvalue weighted by Gasteiger charge is -2.15. The van der Waals surface area contributed by atoms with Crippen LogP contribution in [0.4, 0.5) is 0 Å². The summed E-state index contributed by atoms with van der Waals surface area (Å²) in [6.07, 6.45) is 42.6. The van der Waals surface area contributed by atoms with Gasteiger partial charge in [-0.1, -0.05) is 133 Å². The number of hydrogen-bond donors (Lipinski definition) is 1. The molecule has 0 rings (SSSR count). The second kappa shape index (κ2) is 31.9. The van der Waals surface area contributed by atoms with Crippen LogP contribution in [0.3, 0.4) is 0 Å². The Morgan fingerprint density at radius 2 is 0.977 bits per heavy atom. The van der Waals surface area contributed by atoms with Crippen molar-refractivity contribution in [3.05, 3.63) is 60.8 Å². The third-order valence-corrected chi connectivity index (χ3v) is 7.90. The van der Waals surface area contributed by atoms with Crippen LogP contribution in [-0.4, -0.2) is 17.6 Å². The highest BCUT2D eigenvalue weighted by Gasteiger charge is 2.27. The van der Waals surface area contributed by atoms with Crippen LogP contribution in [0.1, 0.15) is 168 Å². The number of nitrogens with one attached hydrogen (secondary N) is 1. The molecule has 0 bridgehead atoms. The summed E-state index contributed by atoms with van der Waals surface area (Å²) in [5.41, 5.74) is 0.276. The lowest BCUT2D eigenvalue weighted by Crippen LogP contribution is -2.39. The van der Waals surface area contributed by atoms with E-state index in [0.29, 0.717) is 12.8 Å². The molecule has 4 nitrogen and oxygen atoms in total. The molecule has 0 saturated heterocycles. The van der Waals surface area contributed by atoms with Crippen molar-refractivity contribution in [2.75, 3.05) is 0 Å². The number of imide groups is 1. The number of allylic oxidation sites excluding steroid dienone is 8. The highest BCUT2D eigenvalue weighted by atomic mass is 16.2. The van der Waals surface area contributed by atoms with E-state index in [1.165, 1.54) is 57.8 Å². The van der Waals surface area contributed by atoms with Crippen LogP contribution in [0, 0.1) is 5.92 Å². The van der Waals surface area contributed by atoms with E-state index in [9.17, 15) is 14.4 Å². The summed E-state index contributed by atoms with van der Waals surface area (Å²) in [4.78, 5) is 37.8. The molecule has 0 fully saturated rings. The second-order valence-corrected chi connectivity index (χ2v) is 12.3. The largest absolute Gasteiger partial charge is 0.299 e. The molecule has 2 amide bonds. The van der Waals surface area contributed by atoms with Gasteiger partial charge in [0.15, 0.2) is 0 Å². The predicted octanol–water partition coefficient (Wildman–Crippen LogP) is 11.6. The van der Waals surface area contributed by atoms with Crippen LogP contribution in [0.5, 0.6) is 0 Å². The lowest BCUT2D eigenvalue weighted by molar-refractivity contribution is -0.136. The summed E-state index contributed by atoms with van der Waals surface area (Å²) in [5.74, 6) is -1.73. The molecule has 0 heterocycles. The number of unbranched alkanes of at least 4 members (excludes halogenated alkanes) is 15. The maximum absolute atomic E-state index is 13.0. The molecule has 1 N–H and O–H groups in total. The Bertz CT molecular complexity index is 864. The summed E-state index contributed by atoms with van der Waals surface area (Å²) in [7, 11) is 0. The fourth-order valence-corrected chi connectivity index (χ4v) is 5.01. The standard InChI is InChI=1S/C40H67NO3/c1-5-7-9-11-13-15-17-19-21-23-25-27-29-31-33-35-38(42)37(40(44)41-39(43)36(3)4)34-32-30-28-26-24-22-20-18-16-14-12-10-8-6-2/h13-16,19-22,37H,3,5-12,17-18,23-35H2,1-2,4H3,(H,41,43,44)/b15-13-,16-14-,21-19-,22-20-. The SMILES string of the molecule is C=C(C)C(=O)NC(=O)C(CCCCCC/C=C\C/C=C\CCCCC)C(=O)CCCCCCC/C=C\C/C=C\CCCCC. The quantitative estimate of drug-likeness (QED) is 0.0381. The summed E-state index contributed by atoms with van der Waals surface area (Å²) in [6, 6.07) is 0. The van der Waals surface area contributed by atoms with Crippen LogP contribution in [0.15, 0.2) is 60.8 Å². The van der Waals surface area contributed by atoms with Gasteiger partial charge in [-0.05, 0) is 84.0 Å². The molecule has 0 aliphatic rings. The van der Waals surface area contributed by atoms with Crippen molar-refractivity contribution in [1.82, 2.24) is 5.32 Å². The molecule has 1 unspecified atom stereocenters. The fraction of sp³-hybridized carbons (Fsp3) is 0.675. The van der Waals surface area contributed by atoms with Crippen molar-refractivity contribution >= 4 is 17.6 Å². The molecule has 0 spiro atoms. The predicted molar refractivity (Wildman–Crippen MR) is 191 cm³/mol. The van der Waals surface area contributed by atoms with Crippen molar-refractivity contribution in [2.45, 2.75) is 168 Å². The Hall–Kier alpha value is -2.49. The van der Waals surface area contributed by atoms with Crippen LogP contribution in [-0.2, 0) is 14.4 Å². The topological polar surface area (TPSA) is 63.2 Å². The van der Waals surface area contributed by atoms with Crippen LogP contribution < -0.4 is 5.32 Å². The maximum atomic E-state index is 13.0. The smallest absolute Gasteiger partial charge is 0.252 e. The van der Waals surface area contributed by atoms with E-state index in [0.717, 1.165) is 77.0 Å². The molecule has 0 aromatic heterocycles. The Balaban J connectivity index is 4.24. The highest BCUT2D eigenvalue weighted by Crippen LogP contribution is 2.18. The van der Waals surface area contributed by atoms with Crippen molar-refractivity contribution < 1.29 is 14.4 Å². The van der Waals surface area contributed by atoms with E-state index < -0.39 is 17.7 Å².